The molecule has 1 atom stereocenters. The molecule has 1 aromatic heterocycles. The Hall–Kier alpha value is -2.15. The fourth-order valence-electron chi connectivity index (χ4n) is 4.61. The van der Waals surface area contributed by atoms with E-state index in [4.69, 9.17) is 0 Å². The molecule has 30 heavy (non-hydrogen) atoms. The molecule has 0 bridgehead atoms. The second kappa shape index (κ2) is 10.2. The monoisotopic (exact) mass is 413 g/mol. The fraction of sp³-hybridized carbons (Fsp3) is 0.696. The Morgan fingerprint density at radius 2 is 1.90 bits per heavy atom. The summed E-state index contributed by atoms with van der Waals surface area (Å²) in [4.78, 5) is 35.7. The van der Waals surface area contributed by atoms with E-state index >= 15 is 0 Å². The van der Waals surface area contributed by atoms with Gasteiger partial charge in [0.05, 0.1) is 0 Å². The summed E-state index contributed by atoms with van der Waals surface area (Å²) in [6, 6.07) is 6.08. The summed E-state index contributed by atoms with van der Waals surface area (Å²) in [6.07, 6.45) is 7.51. The number of nitrogens with zero attached hydrogens (tertiary/aromatic N) is 4. The molecule has 2 amide bonds. The van der Waals surface area contributed by atoms with Crippen LogP contribution in [-0.2, 0) is 9.59 Å². The van der Waals surface area contributed by atoms with Crippen molar-refractivity contribution in [3.8, 4) is 0 Å². The van der Waals surface area contributed by atoms with Gasteiger partial charge in [0.2, 0.25) is 11.8 Å². The van der Waals surface area contributed by atoms with E-state index in [0.717, 1.165) is 77.3 Å². The molecule has 1 N–H and O–H groups in total. The molecular weight excluding hydrogens is 378 g/mol. The van der Waals surface area contributed by atoms with Gasteiger partial charge in [-0.25, -0.2) is 4.98 Å². The molecule has 2 saturated heterocycles. The molecule has 1 aromatic rings. The average Bonchev–Trinajstić information content (AvgIpc) is 3.63. The number of aromatic nitrogens is 1. The maximum atomic E-state index is 12.6. The third-order valence-corrected chi connectivity index (χ3v) is 6.55. The average molecular weight is 414 g/mol. The smallest absolute Gasteiger partial charge is 0.223 e. The molecule has 4 rings (SSSR count). The Balaban J connectivity index is 1.14. The van der Waals surface area contributed by atoms with E-state index in [-0.39, 0.29) is 17.7 Å². The maximum absolute atomic E-state index is 12.6. The normalized spacial score (nSPS) is 22.7. The third kappa shape index (κ3) is 5.94. The number of pyridine rings is 1. The summed E-state index contributed by atoms with van der Waals surface area (Å²) in [5, 5.41) is 2.96. The van der Waals surface area contributed by atoms with Gasteiger partial charge >= 0.3 is 0 Å². The summed E-state index contributed by atoms with van der Waals surface area (Å²) in [6.45, 7) is 7.61. The Bertz CT molecular complexity index is 701. The van der Waals surface area contributed by atoms with Crippen LogP contribution in [0.3, 0.4) is 0 Å². The lowest BCUT2D eigenvalue weighted by atomic mass is 9.96. The molecule has 3 aliphatic rings. The first-order valence-corrected chi connectivity index (χ1v) is 11.6. The second-order valence-electron chi connectivity index (χ2n) is 8.99. The van der Waals surface area contributed by atoms with Crippen molar-refractivity contribution in [2.24, 2.45) is 11.8 Å². The van der Waals surface area contributed by atoms with Crippen molar-refractivity contribution in [2.45, 2.75) is 38.5 Å². The highest BCUT2D eigenvalue weighted by Crippen LogP contribution is 2.28. The van der Waals surface area contributed by atoms with Crippen LogP contribution in [0.4, 0.5) is 5.82 Å². The summed E-state index contributed by atoms with van der Waals surface area (Å²) < 4.78 is 0. The van der Waals surface area contributed by atoms with Crippen molar-refractivity contribution in [3.05, 3.63) is 24.4 Å². The van der Waals surface area contributed by atoms with Crippen molar-refractivity contribution in [3.63, 3.8) is 0 Å². The van der Waals surface area contributed by atoms with Crippen LogP contribution in [0.2, 0.25) is 0 Å². The number of hydrogen-bond donors (Lipinski definition) is 1. The number of carbonyl (C=O) groups excluding carboxylic acids is 2. The minimum atomic E-state index is 0.170. The van der Waals surface area contributed by atoms with E-state index in [1.807, 2.05) is 18.3 Å². The van der Waals surface area contributed by atoms with E-state index in [9.17, 15) is 9.59 Å². The molecule has 0 spiro atoms. The van der Waals surface area contributed by atoms with Crippen LogP contribution in [0, 0.1) is 11.8 Å². The number of piperidine rings is 1. The van der Waals surface area contributed by atoms with Crippen LogP contribution < -0.4 is 10.2 Å². The molecule has 2 aliphatic heterocycles. The number of piperazine rings is 1. The SMILES string of the molecule is O=C(NCCCC(=O)N1CCCC(CN2CCN(c3ccccn3)CC2)C1)C1CC1. The molecule has 3 heterocycles. The molecule has 1 unspecified atom stereocenters. The van der Waals surface area contributed by atoms with Crippen molar-refractivity contribution in [2.75, 3.05) is 57.3 Å². The van der Waals surface area contributed by atoms with Crippen LogP contribution in [0.25, 0.3) is 0 Å². The van der Waals surface area contributed by atoms with Gasteiger partial charge in [0.25, 0.3) is 0 Å². The summed E-state index contributed by atoms with van der Waals surface area (Å²) in [7, 11) is 0. The molecular formula is C23H35N5O2. The zero-order valence-electron chi connectivity index (χ0n) is 18.0. The van der Waals surface area contributed by atoms with Gasteiger partial charge in [-0.1, -0.05) is 6.07 Å². The largest absolute Gasteiger partial charge is 0.356 e. The van der Waals surface area contributed by atoms with Gasteiger partial charge in [0.15, 0.2) is 0 Å². The first kappa shape index (κ1) is 21.1. The van der Waals surface area contributed by atoms with Crippen LogP contribution >= 0.6 is 0 Å². The van der Waals surface area contributed by atoms with Crippen LogP contribution in [0.15, 0.2) is 24.4 Å². The fourth-order valence-corrected chi connectivity index (χ4v) is 4.61. The zero-order chi connectivity index (χ0) is 20.8. The number of carbonyl (C=O) groups is 2. The van der Waals surface area contributed by atoms with Crippen molar-refractivity contribution in [1.29, 1.82) is 0 Å². The van der Waals surface area contributed by atoms with Gasteiger partial charge in [0, 0.05) is 70.9 Å². The van der Waals surface area contributed by atoms with Gasteiger partial charge in [-0.2, -0.15) is 0 Å². The topological polar surface area (TPSA) is 68.8 Å². The summed E-state index contributed by atoms with van der Waals surface area (Å²) in [5.41, 5.74) is 0. The van der Waals surface area contributed by atoms with E-state index in [2.05, 4.69) is 31.1 Å². The molecule has 1 aliphatic carbocycles. The predicted molar refractivity (Wildman–Crippen MR) is 117 cm³/mol. The van der Waals surface area contributed by atoms with Crippen molar-refractivity contribution < 1.29 is 9.59 Å². The second-order valence-corrected chi connectivity index (χ2v) is 8.99. The molecule has 3 fully saturated rings. The van der Waals surface area contributed by atoms with Gasteiger partial charge < -0.3 is 15.1 Å². The summed E-state index contributed by atoms with van der Waals surface area (Å²) >= 11 is 0. The van der Waals surface area contributed by atoms with E-state index in [1.54, 1.807) is 0 Å². The third-order valence-electron chi connectivity index (χ3n) is 6.55. The van der Waals surface area contributed by atoms with Crippen LogP contribution in [0.5, 0.6) is 0 Å². The van der Waals surface area contributed by atoms with Gasteiger partial charge in [-0.3, -0.25) is 14.5 Å². The molecule has 164 valence electrons. The lowest BCUT2D eigenvalue weighted by Crippen LogP contribution is -2.50. The van der Waals surface area contributed by atoms with Gasteiger partial charge in [-0.05, 0) is 50.2 Å². The van der Waals surface area contributed by atoms with Crippen molar-refractivity contribution in [1.82, 2.24) is 20.1 Å². The molecule has 7 heteroatoms. The Morgan fingerprint density at radius 3 is 2.63 bits per heavy atom. The van der Waals surface area contributed by atoms with Gasteiger partial charge in [-0.15, -0.1) is 0 Å². The highest BCUT2D eigenvalue weighted by atomic mass is 16.2. The first-order chi connectivity index (χ1) is 14.7. The number of rotatable bonds is 8. The maximum Gasteiger partial charge on any atom is 0.223 e. The standard InChI is InChI=1S/C23H35N5O2/c29-22(7-3-11-25-23(30)20-8-9-20)28-12-4-5-19(18-28)17-26-13-15-27(16-14-26)21-6-1-2-10-24-21/h1-2,6,10,19-20H,3-5,7-9,11-18H2,(H,25,30). The number of nitrogens with one attached hydrogen (secondary N) is 1. The zero-order valence-corrected chi connectivity index (χ0v) is 18.0. The number of likely N-dealkylation sites (tertiary alicyclic amines) is 1. The highest BCUT2D eigenvalue weighted by Gasteiger charge is 2.29. The van der Waals surface area contributed by atoms with E-state index in [1.165, 1.54) is 6.42 Å². The quantitative estimate of drug-likeness (QED) is 0.658. The highest BCUT2D eigenvalue weighted by molar-refractivity contribution is 5.81. The number of amides is 2. The number of hydrogen-bond acceptors (Lipinski definition) is 5. The predicted octanol–water partition coefficient (Wildman–Crippen LogP) is 1.75. The minimum absolute atomic E-state index is 0.170. The lowest BCUT2D eigenvalue weighted by molar-refractivity contribution is -0.133. The Morgan fingerprint density at radius 1 is 1.07 bits per heavy atom. The molecule has 0 aromatic carbocycles. The number of anilines is 1. The minimum Gasteiger partial charge on any atom is -0.356 e. The van der Waals surface area contributed by atoms with E-state index in [0.29, 0.717) is 18.9 Å². The first-order valence-electron chi connectivity index (χ1n) is 11.6. The van der Waals surface area contributed by atoms with E-state index < -0.39 is 0 Å². The summed E-state index contributed by atoms with van der Waals surface area (Å²) in [5.74, 6) is 2.30. The van der Waals surface area contributed by atoms with Crippen molar-refractivity contribution >= 4 is 17.6 Å². The Kier molecular flexibility index (Phi) is 7.20. The van der Waals surface area contributed by atoms with Crippen LogP contribution in [0.1, 0.15) is 38.5 Å². The Labute approximate surface area is 179 Å². The van der Waals surface area contributed by atoms with Crippen LogP contribution in [-0.4, -0.2) is 79.0 Å². The lowest BCUT2D eigenvalue weighted by Gasteiger charge is -2.39. The van der Waals surface area contributed by atoms with Gasteiger partial charge in [0.1, 0.15) is 5.82 Å². The molecule has 7 nitrogen and oxygen atoms in total. The molecule has 0 radical (unpaired) electrons. The molecule has 1 saturated carbocycles.